The number of rotatable bonds is 5. The molecule has 1 aromatic heterocycles. The number of thiazole rings is 1. The molecule has 0 saturated carbocycles. The summed E-state index contributed by atoms with van der Waals surface area (Å²) in [6, 6.07) is 11.3. The van der Waals surface area contributed by atoms with Crippen LogP contribution in [0, 0.1) is 13.8 Å². The van der Waals surface area contributed by atoms with Crippen LogP contribution < -0.4 is 15.9 Å². The predicted molar refractivity (Wildman–Crippen MR) is 110 cm³/mol. The number of nitrogens with one attached hydrogen (secondary N) is 1. The summed E-state index contributed by atoms with van der Waals surface area (Å²) in [5, 5.41) is 6.17. The highest BCUT2D eigenvalue weighted by molar-refractivity contribution is 7.13. The van der Waals surface area contributed by atoms with Crippen LogP contribution in [0.3, 0.4) is 0 Å². The van der Waals surface area contributed by atoms with Gasteiger partial charge in [-0.2, -0.15) is 0 Å². The van der Waals surface area contributed by atoms with Crippen molar-refractivity contribution in [2.24, 2.45) is 11.1 Å². The van der Waals surface area contributed by atoms with E-state index in [1.165, 1.54) is 7.05 Å². The number of nitrogens with zero attached hydrogens (tertiary/aromatic N) is 3. The minimum Gasteiger partial charge on any atom is -0.488 e. The van der Waals surface area contributed by atoms with Gasteiger partial charge in [-0.3, -0.25) is 4.98 Å². The van der Waals surface area contributed by atoms with Crippen molar-refractivity contribution in [3.63, 3.8) is 0 Å². The van der Waals surface area contributed by atoms with E-state index in [-0.39, 0.29) is 0 Å². The molecule has 0 aliphatic heterocycles. The number of aromatic nitrogens is 1. The fraction of sp³-hybridized carbons (Fsp3) is 0.200. The molecule has 3 rings (SSSR count). The highest BCUT2D eigenvalue weighted by Crippen LogP contribution is 2.29. The standard InChI is InChI=1S/C20H21N5O2S/c1-13-5-4-6-17(23-20(26)25(3)24-21)16(13)11-27-18-8-7-15(9-14(18)2)19-10-22-12-28-19/h4-10,12,21H,11H2,1-3H3,(H,23,26)/p+1. The Hall–Kier alpha value is -3.26. The van der Waals surface area contributed by atoms with Crippen LogP contribution in [0.4, 0.5) is 10.5 Å². The summed E-state index contributed by atoms with van der Waals surface area (Å²) >= 11 is 1.60. The first-order chi connectivity index (χ1) is 13.5. The van der Waals surface area contributed by atoms with Gasteiger partial charge in [-0.15, -0.1) is 16.0 Å². The van der Waals surface area contributed by atoms with Crippen LogP contribution in [0.15, 0.2) is 53.3 Å². The molecule has 3 N–H and O–H groups in total. The number of amides is 2. The number of carbonyl (C=O) groups is 1. The maximum absolute atomic E-state index is 12.1. The molecule has 0 aliphatic carbocycles. The topological polar surface area (TPSA) is 92.6 Å². The summed E-state index contributed by atoms with van der Waals surface area (Å²) in [4.78, 5) is 17.3. The van der Waals surface area contributed by atoms with Gasteiger partial charge in [-0.1, -0.05) is 12.1 Å². The zero-order valence-corrected chi connectivity index (χ0v) is 16.8. The number of urea groups is 1. The van der Waals surface area contributed by atoms with Gasteiger partial charge < -0.3 is 4.74 Å². The second-order valence-electron chi connectivity index (χ2n) is 6.30. The zero-order chi connectivity index (χ0) is 20.1. The molecule has 0 aliphatic rings. The molecular formula is C20H22N5O2S+. The molecule has 144 valence electrons. The van der Waals surface area contributed by atoms with Gasteiger partial charge in [0.1, 0.15) is 18.0 Å². The van der Waals surface area contributed by atoms with E-state index in [1.807, 2.05) is 55.9 Å². The molecular weight excluding hydrogens is 374 g/mol. The Labute approximate surface area is 167 Å². The summed E-state index contributed by atoms with van der Waals surface area (Å²) in [6.07, 6.45) is 1.85. The van der Waals surface area contributed by atoms with E-state index in [2.05, 4.69) is 21.6 Å². The van der Waals surface area contributed by atoms with Gasteiger partial charge in [0.05, 0.1) is 17.4 Å². The maximum atomic E-state index is 12.1. The first-order valence-electron chi connectivity index (χ1n) is 8.66. The second-order valence-corrected chi connectivity index (χ2v) is 7.19. The minimum absolute atomic E-state index is 0.326. The molecule has 0 saturated heterocycles. The monoisotopic (exact) mass is 396 g/mol. The molecule has 0 bridgehead atoms. The highest BCUT2D eigenvalue weighted by Gasteiger charge is 2.16. The first kappa shape index (κ1) is 19.5. The van der Waals surface area contributed by atoms with Crippen molar-refractivity contribution in [1.82, 2.24) is 4.98 Å². The van der Waals surface area contributed by atoms with Crippen molar-refractivity contribution in [2.45, 2.75) is 20.5 Å². The molecule has 7 nitrogen and oxygen atoms in total. The molecule has 1 heterocycles. The normalized spacial score (nSPS) is 11.3. The number of aryl methyl sites for hydroxylation is 2. The van der Waals surface area contributed by atoms with Crippen LogP contribution in [0.25, 0.3) is 10.4 Å². The van der Waals surface area contributed by atoms with Crippen LogP contribution in [0.5, 0.6) is 5.75 Å². The van der Waals surface area contributed by atoms with Crippen LogP contribution in [0.2, 0.25) is 0 Å². The van der Waals surface area contributed by atoms with E-state index in [9.17, 15) is 4.79 Å². The zero-order valence-electron chi connectivity index (χ0n) is 16.0. The first-order valence-corrected chi connectivity index (χ1v) is 9.54. The molecule has 2 amide bonds. The van der Waals surface area contributed by atoms with E-state index in [4.69, 9.17) is 10.6 Å². The summed E-state index contributed by atoms with van der Waals surface area (Å²) in [5.74, 6) is 5.95. The number of carbonyl (C=O) groups excluding carboxylic acids is 1. The number of hydrogen-bond donors (Lipinski definition) is 2. The molecule has 0 radical (unpaired) electrons. The number of nitrogens with two attached hydrogens (primary N) is 1. The third-order valence-corrected chi connectivity index (χ3v) is 5.20. The van der Waals surface area contributed by atoms with E-state index in [0.29, 0.717) is 12.3 Å². The molecule has 0 fully saturated rings. The molecule has 8 heteroatoms. The Kier molecular flexibility index (Phi) is 6.00. The number of benzene rings is 2. The largest absolute Gasteiger partial charge is 0.488 e. The van der Waals surface area contributed by atoms with E-state index in [1.54, 1.807) is 11.3 Å². The number of hydrogen-bond acceptors (Lipinski definition) is 5. The van der Waals surface area contributed by atoms with Gasteiger partial charge in [0, 0.05) is 17.0 Å². The van der Waals surface area contributed by atoms with Gasteiger partial charge >= 0.3 is 6.03 Å². The average Bonchev–Trinajstić information content (AvgIpc) is 3.22. The fourth-order valence-electron chi connectivity index (χ4n) is 2.73. The van der Waals surface area contributed by atoms with Crippen LogP contribution in [0.1, 0.15) is 16.7 Å². The third-order valence-electron chi connectivity index (χ3n) is 4.38. The molecule has 0 spiro atoms. The van der Waals surface area contributed by atoms with Crippen molar-refractivity contribution >= 4 is 23.1 Å². The van der Waals surface area contributed by atoms with E-state index < -0.39 is 6.03 Å². The van der Waals surface area contributed by atoms with E-state index in [0.717, 1.165) is 37.6 Å². The summed E-state index contributed by atoms with van der Waals surface area (Å²) < 4.78 is 7.10. The number of anilines is 1. The van der Waals surface area contributed by atoms with Crippen molar-refractivity contribution < 1.29 is 14.2 Å². The fourth-order valence-corrected chi connectivity index (χ4v) is 3.35. The lowest BCUT2D eigenvalue weighted by Crippen LogP contribution is -2.23. The summed E-state index contributed by atoms with van der Waals surface area (Å²) in [6.45, 7) is 4.32. The minimum atomic E-state index is -0.417. The van der Waals surface area contributed by atoms with Crippen molar-refractivity contribution in [3.8, 4) is 16.2 Å². The number of ether oxygens (including phenoxy) is 1. The Morgan fingerprint density at radius 2 is 2.11 bits per heavy atom. The Bertz CT molecular complexity index is 1020. The van der Waals surface area contributed by atoms with Gasteiger partial charge in [0.25, 0.3) is 0 Å². The molecule has 3 aromatic rings. The Balaban J connectivity index is 1.78. The summed E-state index contributed by atoms with van der Waals surface area (Å²) in [7, 11) is 1.48. The van der Waals surface area contributed by atoms with Crippen molar-refractivity contribution in [2.75, 3.05) is 12.4 Å². The van der Waals surface area contributed by atoms with Crippen LogP contribution in [-0.2, 0) is 6.61 Å². The van der Waals surface area contributed by atoms with Crippen LogP contribution in [-0.4, -0.2) is 22.8 Å². The predicted octanol–water partition coefficient (Wildman–Crippen LogP) is 4.51. The lowest BCUT2D eigenvalue weighted by atomic mass is 10.1. The van der Waals surface area contributed by atoms with Crippen LogP contribution >= 0.6 is 11.3 Å². The van der Waals surface area contributed by atoms with Gasteiger partial charge in [0.2, 0.25) is 0 Å². The molecule has 28 heavy (non-hydrogen) atoms. The van der Waals surface area contributed by atoms with Crippen molar-refractivity contribution in [1.29, 1.82) is 0 Å². The lowest BCUT2D eigenvalue weighted by Gasteiger charge is -2.14. The van der Waals surface area contributed by atoms with Gasteiger partial charge in [0.15, 0.2) is 0 Å². The van der Waals surface area contributed by atoms with E-state index >= 15 is 0 Å². The molecule has 0 unspecified atom stereocenters. The average molecular weight is 396 g/mol. The quantitative estimate of drug-likeness (QED) is 0.287. The third kappa shape index (κ3) is 4.34. The highest BCUT2D eigenvalue weighted by atomic mass is 32.1. The van der Waals surface area contributed by atoms with Gasteiger partial charge in [-0.05, 0) is 54.8 Å². The SMILES string of the molecule is Cc1cc(-c2cncs2)ccc1OCc1c(C)cccc1NC(=O)/[N+](C)=N\N. The lowest BCUT2D eigenvalue weighted by molar-refractivity contribution is -0.466. The Morgan fingerprint density at radius 3 is 2.79 bits per heavy atom. The smallest absolute Gasteiger partial charge is 0.459 e. The second kappa shape index (κ2) is 8.62. The van der Waals surface area contributed by atoms with Crippen molar-refractivity contribution in [3.05, 3.63) is 64.8 Å². The van der Waals surface area contributed by atoms with Gasteiger partial charge in [-0.25, -0.2) is 16.0 Å². The Morgan fingerprint density at radius 1 is 1.29 bits per heavy atom. The molecule has 0 atom stereocenters. The summed E-state index contributed by atoms with van der Waals surface area (Å²) in [5.41, 5.74) is 6.55. The molecule has 2 aromatic carbocycles. The maximum Gasteiger partial charge on any atom is 0.459 e.